The molecule has 0 amide bonds. The van der Waals surface area contributed by atoms with Crippen LogP contribution in [0.25, 0.3) is 11.1 Å². The van der Waals surface area contributed by atoms with E-state index in [0.717, 1.165) is 0 Å². The quantitative estimate of drug-likeness (QED) is 0.567. The van der Waals surface area contributed by atoms with Gasteiger partial charge in [-0.25, -0.2) is 0 Å². The minimum Gasteiger partial charge on any atom is -0.0587 e. The molecule has 2 aromatic rings. The maximum absolute atomic E-state index is 2.29. The number of rotatable bonds is 2. The van der Waals surface area contributed by atoms with Gasteiger partial charge in [0.1, 0.15) is 0 Å². The van der Waals surface area contributed by atoms with Gasteiger partial charge in [0.2, 0.25) is 0 Å². The molecule has 0 fully saturated rings. The van der Waals surface area contributed by atoms with Gasteiger partial charge >= 0.3 is 0 Å². The molecule has 0 atom stereocenters. The second-order valence-corrected chi connectivity index (χ2v) is 6.98. The summed E-state index contributed by atoms with van der Waals surface area (Å²) in [4.78, 5) is 0. The first-order chi connectivity index (χ1) is 9.79. The number of aryl methyl sites for hydroxylation is 2. The van der Waals surface area contributed by atoms with Crippen molar-refractivity contribution in [3.63, 3.8) is 0 Å². The highest BCUT2D eigenvalue weighted by Gasteiger charge is 2.21. The van der Waals surface area contributed by atoms with E-state index in [2.05, 4.69) is 90.1 Å². The summed E-state index contributed by atoms with van der Waals surface area (Å²) in [6.07, 6.45) is 0. The topological polar surface area (TPSA) is 0 Å². The van der Waals surface area contributed by atoms with E-state index in [1.54, 1.807) is 0 Å². The maximum Gasteiger partial charge on any atom is -0.0123 e. The lowest BCUT2D eigenvalue weighted by molar-refractivity contribution is 0.567. The third kappa shape index (κ3) is 3.64. The number of hydrogen-bond acceptors (Lipinski definition) is 0. The second kappa shape index (κ2) is 5.89. The molecule has 0 bridgehead atoms. The SMILES string of the molecule is C/C(=C(\c1ccc(C)cc1)C(C)(C)C)c1ccc(C)cc1. The van der Waals surface area contributed by atoms with Crippen LogP contribution in [0.3, 0.4) is 0 Å². The minimum atomic E-state index is 0.115. The van der Waals surface area contributed by atoms with E-state index < -0.39 is 0 Å². The van der Waals surface area contributed by atoms with Crippen LogP contribution in [0.4, 0.5) is 0 Å². The standard InChI is InChI=1S/C21H26/c1-15-7-11-18(12-8-15)17(3)20(21(4,5)6)19-13-9-16(2)10-14-19/h7-14H,1-6H3/b20-17-. The monoisotopic (exact) mass is 278 g/mol. The molecule has 0 aromatic heterocycles. The van der Waals surface area contributed by atoms with Gasteiger partial charge in [-0.3, -0.25) is 0 Å². The van der Waals surface area contributed by atoms with Crippen LogP contribution in [0, 0.1) is 19.3 Å². The lowest BCUT2D eigenvalue weighted by Crippen LogP contribution is -2.10. The molecule has 0 saturated heterocycles. The molecule has 0 aliphatic rings. The Balaban J connectivity index is 2.61. The molecule has 0 spiro atoms. The average molecular weight is 278 g/mol. The van der Waals surface area contributed by atoms with Crippen molar-refractivity contribution in [1.29, 1.82) is 0 Å². The number of allylic oxidation sites excluding steroid dienone is 2. The lowest BCUT2D eigenvalue weighted by atomic mass is 9.78. The molecule has 0 N–H and O–H groups in total. The molecule has 110 valence electrons. The number of hydrogen-bond donors (Lipinski definition) is 0. The van der Waals surface area contributed by atoms with E-state index in [9.17, 15) is 0 Å². The van der Waals surface area contributed by atoms with Crippen molar-refractivity contribution in [2.75, 3.05) is 0 Å². The van der Waals surface area contributed by atoms with Crippen LogP contribution in [-0.2, 0) is 0 Å². The van der Waals surface area contributed by atoms with E-state index in [-0.39, 0.29) is 5.41 Å². The van der Waals surface area contributed by atoms with Crippen molar-refractivity contribution in [1.82, 2.24) is 0 Å². The van der Waals surface area contributed by atoms with Crippen LogP contribution >= 0.6 is 0 Å². The summed E-state index contributed by atoms with van der Waals surface area (Å²) in [6, 6.07) is 17.7. The Bertz CT molecular complexity index is 632. The highest BCUT2D eigenvalue weighted by atomic mass is 14.3. The molecule has 0 heterocycles. The minimum absolute atomic E-state index is 0.115. The molecule has 0 saturated carbocycles. The highest BCUT2D eigenvalue weighted by molar-refractivity contribution is 5.92. The zero-order chi connectivity index (χ0) is 15.6. The van der Waals surface area contributed by atoms with Crippen molar-refractivity contribution >= 4 is 11.1 Å². The zero-order valence-electron chi connectivity index (χ0n) is 14.1. The largest absolute Gasteiger partial charge is 0.0587 e. The lowest BCUT2D eigenvalue weighted by Gasteiger charge is -2.27. The summed E-state index contributed by atoms with van der Waals surface area (Å²) >= 11 is 0. The Morgan fingerprint density at radius 2 is 1.05 bits per heavy atom. The third-order valence-corrected chi connectivity index (χ3v) is 3.95. The first-order valence-electron chi connectivity index (χ1n) is 7.64. The summed E-state index contributed by atoms with van der Waals surface area (Å²) in [5, 5.41) is 0. The first kappa shape index (κ1) is 15.6. The van der Waals surface area contributed by atoms with Crippen LogP contribution in [-0.4, -0.2) is 0 Å². The molecule has 0 nitrogen and oxygen atoms in total. The first-order valence-corrected chi connectivity index (χ1v) is 7.64. The van der Waals surface area contributed by atoms with Crippen molar-refractivity contribution in [3.8, 4) is 0 Å². The van der Waals surface area contributed by atoms with E-state index in [0.29, 0.717) is 0 Å². The van der Waals surface area contributed by atoms with Crippen LogP contribution < -0.4 is 0 Å². The van der Waals surface area contributed by atoms with E-state index in [4.69, 9.17) is 0 Å². The van der Waals surface area contributed by atoms with Gasteiger partial charge in [-0.1, -0.05) is 80.4 Å². The van der Waals surface area contributed by atoms with E-state index in [1.165, 1.54) is 33.4 Å². The molecule has 0 aliphatic carbocycles. The van der Waals surface area contributed by atoms with Crippen LogP contribution in [0.15, 0.2) is 48.5 Å². The van der Waals surface area contributed by atoms with Crippen molar-refractivity contribution in [2.45, 2.75) is 41.5 Å². The van der Waals surface area contributed by atoms with Gasteiger partial charge in [0.15, 0.2) is 0 Å². The van der Waals surface area contributed by atoms with Crippen molar-refractivity contribution < 1.29 is 0 Å². The fourth-order valence-electron chi connectivity index (χ4n) is 2.88. The Labute approximate surface area is 129 Å². The van der Waals surface area contributed by atoms with Gasteiger partial charge < -0.3 is 0 Å². The van der Waals surface area contributed by atoms with Gasteiger partial charge in [0.05, 0.1) is 0 Å². The van der Waals surface area contributed by atoms with Crippen LogP contribution in [0.5, 0.6) is 0 Å². The summed E-state index contributed by atoms with van der Waals surface area (Å²) in [6.45, 7) is 13.4. The third-order valence-electron chi connectivity index (χ3n) is 3.95. The highest BCUT2D eigenvalue weighted by Crippen LogP contribution is 2.39. The smallest absolute Gasteiger partial charge is 0.0123 e. The average Bonchev–Trinajstić information content (AvgIpc) is 2.40. The Kier molecular flexibility index (Phi) is 4.37. The van der Waals surface area contributed by atoms with Crippen molar-refractivity contribution in [2.24, 2.45) is 5.41 Å². The summed E-state index contributed by atoms with van der Waals surface area (Å²) in [5.41, 5.74) is 8.15. The molecule has 0 radical (unpaired) electrons. The molecule has 0 unspecified atom stereocenters. The second-order valence-electron chi connectivity index (χ2n) is 6.98. The van der Waals surface area contributed by atoms with Gasteiger partial charge in [0.25, 0.3) is 0 Å². The van der Waals surface area contributed by atoms with Crippen molar-refractivity contribution in [3.05, 3.63) is 70.8 Å². The molecule has 21 heavy (non-hydrogen) atoms. The summed E-state index contributed by atoms with van der Waals surface area (Å²) < 4.78 is 0. The molecule has 0 heteroatoms. The molecular weight excluding hydrogens is 252 g/mol. The predicted molar refractivity (Wildman–Crippen MR) is 94.3 cm³/mol. The van der Waals surface area contributed by atoms with Gasteiger partial charge in [-0.2, -0.15) is 0 Å². The zero-order valence-corrected chi connectivity index (χ0v) is 14.1. The molecule has 0 aliphatic heterocycles. The molecule has 2 aromatic carbocycles. The van der Waals surface area contributed by atoms with Gasteiger partial charge in [-0.05, 0) is 48.5 Å². The maximum atomic E-state index is 2.29. The van der Waals surface area contributed by atoms with Crippen LogP contribution in [0.1, 0.15) is 49.9 Å². The number of benzene rings is 2. The van der Waals surface area contributed by atoms with E-state index in [1.807, 2.05) is 0 Å². The van der Waals surface area contributed by atoms with Gasteiger partial charge in [0, 0.05) is 0 Å². The Morgan fingerprint density at radius 3 is 1.43 bits per heavy atom. The van der Waals surface area contributed by atoms with E-state index >= 15 is 0 Å². The normalized spacial score (nSPS) is 13.0. The fourth-order valence-corrected chi connectivity index (χ4v) is 2.88. The molecule has 2 rings (SSSR count). The summed E-state index contributed by atoms with van der Waals surface area (Å²) in [7, 11) is 0. The van der Waals surface area contributed by atoms with Crippen LogP contribution in [0.2, 0.25) is 0 Å². The fraction of sp³-hybridized carbons (Fsp3) is 0.333. The predicted octanol–water partition coefficient (Wildman–Crippen LogP) is 6.28. The Hall–Kier alpha value is -1.82. The summed E-state index contributed by atoms with van der Waals surface area (Å²) in [5.74, 6) is 0. The Morgan fingerprint density at radius 1 is 0.667 bits per heavy atom. The molecular formula is C21H26. The van der Waals surface area contributed by atoms with Gasteiger partial charge in [-0.15, -0.1) is 0 Å².